The van der Waals surface area contributed by atoms with Crippen LogP contribution >= 0.6 is 23.1 Å². The minimum atomic E-state index is -0.122. The van der Waals surface area contributed by atoms with Crippen molar-refractivity contribution < 1.29 is 9.53 Å². The Balaban J connectivity index is 1.38. The van der Waals surface area contributed by atoms with E-state index < -0.39 is 0 Å². The van der Waals surface area contributed by atoms with E-state index in [1.54, 1.807) is 18.9 Å². The molecule has 4 rings (SSSR count). The molecule has 10 heteroatoms. The van der Waals surface area contributed by atoms with Crippen molar-refractivity contribution >= 4 is 40.0 Å². The maximum Gasteiger partial charge on any atom is 0.231 e. The molecule has 162 valence electrons. The fourth-order valence-electron chi connectivity index (χ4n) is 3.46. The molecule has 1 fully saturated rings. The van der Waals surface area contributed by atoms with Gasteiger partial charge in [0.25, 0.3) is 0 Å². The molecule has 1 aliphatic heterocycles. The van der Waals surface area contributed by atoms with Gasteiger partial charge in [0.1, 0.15) is 5.75 Å². The van der Waals surface area contributed by atoms with Crippen molar-refractivity contribution in [3.63, 3.8) is 0 Å². The van der Waals surface area contributed by atoms with Gasteiger partial charge in [-0.05, 0) is 55.0 Å². The van der Waals surface area contributed by atoms with Gasteiger partial charge < -0.3 is 15.0 Å². The van der Waals surface area contributed by atoms with Crippen LogP contribution < -0.4 is 15.0 Å². The Hall–Kier alpha value is -2.72. The number of carbonyl (C=O) groups is 1. The fraction of sp³-hybridized carbons (Fsp3) is 0.381. The standard InChI is InChI=1S/C21H24N6O2S2/c1-3-30-21-26-25-20(31-21)22-19(28)15-5-4-12-27(13-15)18-11-10-17(23-24-18)14-6-8-16(29-2)9-7-14/h6-11,15H,3-5,12-13H2,1-2H3,(H,22,25,28). The van der Waals surface area contributed by atoms with Crippen molar-refractivity contribution in [3.8, 4) is 17.0 Å². The number of hydrogen-bond acceptors (Lipinski definition) is 9. The van der Waals surface area contributed by atoms with Crippen LogP contribution in [0.15, 0.2) is 40.7 Å². The smallest absolute Gasteiger partial charge is 0.231 e. The van der Waals surface area contributed by atoms with Crippen LogP contribution in [-0.2, 0) is 4.79 Å². The van der Waals surface area contributed by atoms with Gasteiger partial charge in [0.15, 0.2) is 10.2 Å². The second-order valence-electron chi connectivity index (χ2n) is 7.09. The Labute approximate surface area is 189 Å². The molecule has 31 heavy (non-hydrogen) atoms. The second-order valence-corrected chi connectivity index (χ2v) is 9.57. The van der Waals surface area contributed by atoms with Crippen LogP contribution in [0.4, 0.5) is 10.9 Å². The summed E-state index contributed by atoms with van der Waals surface area (Å²) in [4.78, 5) is 14.9. The molecule has 0 radical (unpaired) electrons. The van der Waals surface area contributed by atoms with Crippen molar-refractivity contribution in [1.82, 2.24) is 20.4 Å². The number of rotatable bonds is 7. The van der Waals surface area contributed by atoms with Gasteiger partial charge in [-0.1, -0.05) is 30.0 Å². The van der Waals surface area contributed by atoms with Crippen LogP contribution in [0.5, 0.6) is 5.75 Å². The average molecular weight is 457 g/mol. The summed E-state index contributed by atoms with van der Waals surface area (Å²) in [6.45, 7) is 3.53. The molecule has 1 amide bonds. The van der Waals surface area contributed by atoms with Gasteiger partial charge in [-0.15, -0.1) is 20.4 Å². The Morgan fingerprint density at radius 3 is 2.74 bits per heavy atom. The number of hydrogen-bond donors (Lipinski definition) is 1. The lowest BCUT2D eigenvalue weighted by Crippen LogP contribution is -2.41. The number of piperidine rings is 1. The number of thioether (sulfide) groups is 1. The lowest BCUT2D eigenvalue weighted by atomic mass is 9.97. The lowest BCUT2D eigenvalue weighted by Gasteiger charge is -2.32. The van der Waals surface area contributed by atoms with Gasteiger partial charge in [-0.25, -0.2) is 0 Å². The highest BCUT2D eigenvalue weighted by Gasteiger charge is 2.27. The molecule has 1 N–H and O–H groups in total. The van der Waals surface area contributed by atoms with E-state index in [0.717, 1.165) is 52.3 Å². The first-order chi connectivity index (χ1) is 15.2. The Morgan fingerprint density at radius 1 is 1.19 bits per heavy atom. The zero-order chi connectivity index (χ0) is 21.6. The zero-order valence-corrected chi connectivity index (χ0v) is 19.1. The Morgan fingerprint density at radius 2 is 2.03 bits per heavy atom. The number of methoxy groups -OCH3 is 1. The summed E-state index contributed by atoms with van der Waals surface area (Å²) < 4.78 is 6.07. The van der Waals surface area contributed by atoms with Gasteiger partial charge in [0.2, 0.25) is 11.0 Å². The highest BCUT2D eigenvalue weighted by atomic mass is 32.2. The predicted octanol–water partition coefficient (Wildman–Crippen LogP) is 3.97. The lowest BCUT2D eigenvalue weighted by molar-refractivity contribution is -0.120. The van der Waals surface area contributed by atoms with Gasteiger partial charge in [0, 0.05) is 18.7 Å². The summed E-state index contributed by atoms with van der Waals surface area (Å²) in [7, 11) is 1.65. The van der Waals surface area contributed by atoms with E-state index in [9.17, 15) is 4.79 Å². The molecule has 3 heterocycles. The van der Waals surface area contributed by atoms with Crippen LogP contribution in [-0.4, -0.2) is 52.3 Å². The highest BCUT2D eigenvalue weighted by Crippen LogP contribution is 2.28. The van der Waals surface area contributed by atoms with E-state index in [4.69, 9.17) is 4.74 Å². The second kappa shape index (κ2) is 10.1. The van der Waals surface area contributed by atoms with Crippen LogP contribution in [0.2, 0.25) is 0 Å². The summed E-state index contributed by atoms with van der Waals surface area (Å²) in [5.74, 6) is 2.38. The van der Waals surface area contributed by atoms with Crippen molar-refractivity contribution in [2.24, 2.45) is 5.92 Å². The number of nitrogens with one attached hydrogen (secondary N) is 1. The van der Waals surface area contributed by atoms with Crippen molar-refractivity contribution in [2.75, 3.05) is 36.2 Å². The quantitative estimate of drug-likeness (QED) is 0.422. The molecule has 0 aliphatic carbocycles. The van der Waals surface area contributed by atoms with Crippen LogP contribution in [0.25, 0.3) is 11.3 Å². The fourth-order valence-corrected chi connectivity index (χ4v) is 5.11. The molecule has 1 aliphatic rings. The SMILES string of the molecule is CCSc1nnc(NC(=O)C2CCCN(c3ccc(-c4ccc(OC)cc4)nn3)C2)s1. The van der Waals surface area contributed by atoms with Gasteiger partial charge in [0.05, 0.1) is 18.7 Å². The normalized spacial score (nSPS) is 16.2. The van der Waals surface area contributed by atoms with E-state index in [0.29, 0.717) is 11.7 Å². The first-order valence-electron chi connectivity index (χ1n) is 10.2. The number of aromatic nitrogens is 4. The summed E-state index contributed by atoms with van der Waals surface area (Å²) in [5.41, 5.74) is 1.78. The maximum atomic E-state index is 12.8. The number of nitrogens with zero attached hydrogens (tertiary/aromatic N) is 5. The topological polar surface area (TPSA) is 93.1 Å². The van der Waals surface area contributed by atoms with Crippen LogP contribution in [0.1, 0.15) is 19.8 Å². The van der Waals surface area contributed by atoms with E-state index in [1.807, 2.05) is 36.4 Å². The minimum absolute atomic E-state index is 0.0169. The molecule has 2 aromatic heterocycles. The average Bonchev–Trinajstić information content (AvgIpc) is 3.26. The summed E-state index contributed by atoms with van der Waals surface area (Å²) >= 11 is 3.04. The van der Waals surface area contributed by atoms with Crippen LogP contribution in [0, 0.1) is 5.92 Å². The third-order valence-electron chi connectivity index (χ3n) is 5.06. The van der Waals surface area contributed by atoms with Gasteiger partial charge >= 0.3 is 0 Å². The summed E-state index contributed by atoms with van der Waals surface area (Å²) in [6, 6.07) is 11.7. The maximum absolute atomic E-state index is 12.8. The molecule has 8 nitrogen and oxygen atoms in total. The van der Waals surface area contributed by atoms with Gasteiger partial charge in [-0.2, -0.15) is 0 Å². The van der Waals surface area contributed by atoms with E-state index in [-0.39, 0.29) is 11.8 Å². The number of anilines is 2. The predicted molar refractivity (Wildman–Crippen MR) is 124 cm³/mol. The summed E-state index contributed by atoms with van der Waals surface area (Å²) in [5, 5.41) is 20.4. The Bertz CT molecular complexity index is 1010. The summed E-state index contributed by atoms with van der Waals surface area (Å²) in [6.07, 6.45) is 1.77. The third kappa shape index (κ3) is 5.31. The molecule has 0 saturated carbocycles. The molecule has 0 spiro atoms. The number of ether oxygens (including phenoxy) is 1. The van der Waals surface area contributed by atoms with Crippen molar-refractivity contribution in [1.29, 1.82) is 0 Å². The molecule has 1 saturated heterocycles. The Kier molecular flexibility index (Phi) is 6.98. The van der Waals surface area contributed by atoms with Crippen molar-refractivity contribution in [3.05, 3.63) is 36.4 Å². The molecular weight excluding hydrogens is 432 g/mol. The first kappa shape index (κ1) is 21.5. The molecule has 3 aromatic rings. The molecule has 0 bridgehead atoms. The number of carbonyl (C=O) groups excluding carboxylic acids is 1. The molecule has 1 atom stereocenters. The largest absolute Gasteiger partial charge is 0.497 e. The first-order valence-corrected chi connectivity index (χ1v) is 12.0. The highest BCUT2D eigenvalue weighted by molar-refractivity contribution is 8.01. The minimum Gasteiger partial charge on any atom is -0.497 e. The number of amides is 1. The monoisotopic (exact) mass is 456 g/mol. The zero-order valence-electron chi connectivity index (χ0n) is 17.4. The van der Waals surface area contributed by atoms with E-state index >= 15 is 0 Å². The van der Waals surface area contributed by atoms with E-state index in [2.05, 4.69) is 37.5 Å². The van der Waals surface area contributed by atoms with Crippen molar-refractivity contribution in [2.45, 2.75) is 24.1 Å². The third-order valence-corrected chi connectivity index (χ3v) is 6.91. The molecular formula is C21H24N6O2S2. The van der Waals surface area contributed by atoms with Crippen LogP contribution in [0.3, 0.4) is 0 Å². The van der Waals surface area contributed by atoms with Gasteiger partial charge in [-0.3, -0.25) is 4.79 Å². The number of benzene rings is 1. The molecule has 1 aromatic carbocycles. The molecule has 1 unspecified atom stereocenters. The van der Waals surface area contributed by atoms with E-state index in [1.165, 1.54) is 11.3 Å².